The minimum atomic E-state index is 0.319. The lowest BCUT2D eigenvalue weighted by molar-refractivity contribution is 0.355. The van der Waals surface area contributed by atoms with E-state index >= 15 is 0 Å². The number of hydrogen-bond acceptors (Lipinski definition) is 8. The fourth-order valence-corrected chi connectivity index (χ4v) is 5.35. The number of aryl methyl sites for hydroxylation is 1. The lowest BCUT2D eigenvalue weighted by atomic mass is 10.0. The summed E-state index contributed by atoms with van der Waals surface area (Å²) in [6.45, 7) is 5.16. The molecule has 3 heterocycles. The molecule has 1 N–H and O–H groups in total. The molecule has 5 rings (SSSR count). The second-order valence-electron chi connectivity index (χ2n) is 7.96. The largest absolute Gasteiger partial charge is 0.506 e. The van der Waals surface area contributed by atoms with Crippen molar-refractivity contribution in [3.05, 3.63) is 53.7 Å². The van der Waals surface area contributed by atoms with Gasteiger partial charge in [0.05, 0.1) is 25.3 Å². The number of rotatable bonds is 5. The summed E-state index contributed by atoms with van der Waals surface area (Å²) < 4.78 is 10.9. The van der Waals surface area contributed by atoms with Gasteiger partial charge in [-0.1, -0.05) is 18.2 Å². The van der Waals surface area contributed by atoms with Crippen LogP contribution in [0.1, 0.15) is 5.82 Å². The molecule has 0 spiro atoms. The van der Waals surface area contributed by atoms with E-state index < -0.39 is 0 Å². The third-order valence-corrected chi connectivity index (χ3v) is 6.89. The zero-order valence-electron chi connectivity index (χ0n) is 18.9. The van der Waals surface area contributed by atoms with Crippen LogP contribution in [0.4, 0.5) is 11.5 Å². The van der Waals surface area contributed by atoms with Crippen LogP contribution in [0, 0.1) is 6.92 Å². The molecule has 8 heteroatoms. The average molecular weight is 463 g/mol. The molecule has 170 valence electrons. The number of anilines is 2. The van der Waals surface area contributed by atoms with E-state index in [1.807, 2.05) is 43.3 Å². The van der Waals surface area contributed by atoms with Crippen LogP contribution in [0.2, 0.25) is 0 Å². The number of para-hydroxylation sites is 2. The predicted octanol–water partition coefficient (Wildman–Crippen LogP) is 4.72. The Hall–Kier alpha value is -3.52. The molecule has 0 radical (unpaired) electrons. The Bertz CT molecular complexity index is 1300. The molecule has 1 saturated heterocycles. The van der Waals surface area contributed by atoms with Crippen LogP contribution in [0.3, 0.4) is 0 Å². The fraction of sp³-hybridized carbons (Fsp3) is 0.280. The van der Waals surface area contributed by atoms with Crippen molar-refractivity contribution in [2.24, 2.45) is 0 Å². The zero-order chi connectivity index (χ0) is 22.9. The van der Waals surface area contributed by atoms with E-state index in [4.69, 9.17) is 19.4 Å². The van der Waals surface area contributed by atoms with Gasteiger partial charge in [-0.05, 0) is 36.8 Å². The first-order valence-corrected chi connectivity index (χ1v) is 11.7. The number of hydrogen-bond donors (Lipinski definition) is 1. The molecule has 1 aliphatic rings. The summed E-state index contributed by atoms with van der Waals surface area (Å²) >= 11 is 1.63. The Kier molecular flexibility index (Phi) is 5.68. The summed E-state index contributed by atoms with van der Waals surface area (Å²) in [5.74, 6) is 3.44. The molecular weight excluding hydrogens is 436 g/mol. The van der Waals surface area contributed by atoms with Crippen LogP contribution >= 0.6 is 11.3 Å². The Balaban J connectivity index is 1.51. The minimum absolute atomic E-state index is 0.319. The third-order valence-electron chi connectivity index (χ3n) is 6.02. The van der Waals surface area contributed by atoms with Gasteiger partial charge in [-0.25, -0.2) is 9.97 Å². The maximum absolute atomic E-state index is 10.2. The first-order valence-electron chi connectivity index (χ1n) is 10.8. The third kappa shape index (κ3) is 3.91. The average Bonchev–Trinajstić information content (AvgIpc) is 3.27. The van der Waals surface area contributed by atoms with Crippen LogP contribution in [-0.2, 0) is 0 Å². The summed E-state index contributed by atoms with van der Waals surface area (Å²) in [5, 5.41) is 13.4. The van der Waals surface area contributed by atoms with E-state index in [-0.39, 0.29) is 0 Å². The maximum atomic E-state index is 10.2. The summed E-state index contributed by atoms with van der Waals surface area (Å²) in [4.78, 5) is 15.1. The first kappa shape index (κ1) is 21.3. The summed E-state index contributed by atoms with van der Waals surface area (Å²) in [7, 11) is 3.29. The van der Waals surface area contributed by atoms with Gasteiger partial charge in [0.2, 0.25) is 0 Å². The van der Waals surface area contributed by atoms with E-state index in [1.165, 1.54) is 0 Å². The number of nitrogens with zero attached hydrogens (tertiary/aromatic N) is 4. The molecule has 0 amide bonds. The van der Waals surface area contributed by atoms with Crippen molar-refractivity contribution in [3.8, 4) is 28.4 Å². The van der Waals surface area contributed by atoms with Crippen LogP contribution < -0.4 is 19.3 Å². The number of phenols is 1. The van der Waals surface area contributed by atoms with Crippen molar-refractivity contribution in [2.45, 2.75) is 6.92 Å². The van der Waals surface area contributed by atoms with Crippen molar-refractivity contribution >= 4 is 33.1 Å². The molecule has 33 heavy (non-hydrogen) atoms. The number of aromatic hydroxyl groups is 1. The van der Waals surface area contributed by atoms with Gasteiger partial charge in [-0.15, -0.1) is 11.3 Å². The van der Waals surface area contributed by atoms with E-state index in [1.54, 1.807) is 31.6 Å². The first-order chi connectivity index (χ1) is 16.1. The van der Waals surface area contributed by atoms with E-state index in [0.717, 1.165) is 64.9 Å². The number of methoxy groups -OCH3 is 2. The predicted molar refractivity (Wildman–Crippen MR) is 133 cm³/mol. The SMILES string of the molecule is COc1ccc(-c2csc3nc(C)nc(N4CCN(c5ccccc5O)CC4)c23)cc1OC. The lowest BCUT2D eigenvalue weighted by Crippen LogP contribution is -2.47. The zero-order valence-corrected chi connectivity index (χ0v) is 19.7. The van der Waals surface area contributed by atoms with Crippen molar-refractivity contribution in [1.29, 1.82) is 0 Å². The van der Waals surface area contributed by atoms with E-state index in [9.17, 15) is 5.11 Å². The van der Waals surface area contributed by atoms with Crippen LogP contribution in [-0.4, -0.2) is 55.5 Å². The maximum Gasteiger partial charge on any atom is 0.161 e. The fourth-order valence-electron chi connectivity index (χ4n) is 4.36. The number of benzene rings is 2. The summed E-state index contributed by atoms with van der Waals surface area (Å²) in [5.41, 5.74) is 3.01. The molecule has 4 aromatic rings. The molecule has 1 aliphatic heterocycles. The number of aromatic nitrogens is 2. The second-order valence-corrected chi connectivity index (χ2v) is 8.81. The van der Waals surface area contributed by atoms with Crippen molar-refractivity contribution in [1.82, 2.24) is 9.97 Å². The Labute approximate surface area is 196 Å². The Morgan fingerprint density at radius 1 is 0.909 bits per heavy atom. The molecule has 7 nitrogen and oxygen atoms in total. The molecule has 1 fully saturated rings. The molecule has 0 aliphatic carbocycles. The van der Waals surface area contributed by atoms with Crippen molar-refractivity contribution < 1.29 is 14.6 Å². The lowest BCUT2D eigenvalue weighted by Gasteiger charge is -2.37. The van der Waals surface area contributed by atoms with Gasteiger partial charge in [-0.2, -0.15) is 0 Å². The van der Waals surface area contributed by atoms with Gasteiger partial charge in [0.1, 0.15) is 22.2 Å². The smallest absolute Gasteiger partial charge is 0.161 e. The van der Waals surface area contributed by atoms with E-state index in [2.05, 4.69) is 15.2 Å². The number of phenolic OH excluding ortho intramolecular Hbond substituents is 1. The molecule has 2 aromatic heterocycles. The van der Waals surface area contributed by atoms with E-state index in [0.29, 0.717) is 17.2 Å². The van der Waals surface area contributed by atoms with Crippen molar-refractivity contribution in [3.63, 3.8) is 0 Å². The highest BCUT2D eigenvalue weighted by atomic mass is 32.1. The van der Waals surface area contributed by atoms with Gasteiger partial charge < -0.3 is 24.4 Å². The van der Waals surface area contributed by atoms with Crippen molar-refractivity contribution in [2.75, 3.05) is 50.2 Å². The number of piperazine rings is 1. The molecule has 0 saturated carbocycles. The molecule has 0 unspecified atom stereocenters. The molecule has 2 aromatic carbocycles. The van der Waals surface area contributed by atoms with Gasteiger partial charge in [0, 0.05) is 37.1 Å². The Morgan fingerprint density at radius 3 is 2.36 bits per heavy atom. The molecule has 0 bridgehead atoms. The number of thiophene rings is 1. The Morgan fingerprint density at radius 2 is 1.64 bits per heavy atom. The molecule has 0 atom stereocenters. The summed E-state index contributed by atoms with van der Waals surface area (Å²) in [6, 6.07) is 13.5. The van der Waals surface area contributed by atoms with Crippen LogP contribution in [0.5, 0.6) is 17.2 Å². The highest BCUT2D eigenvalue weighted by molar-refractivity contribution is 7.17. The minimum Gasteiger partial charge on any atom is -0.506 e. The second kappa shape index (κ2) is 8.78. The van der Waals surface area contributed by atoms with Gasteiger partial charge in [0.25, 0.3) is 0 Å². The van der Waals surface area contributed by atoms with Gasteiger partial charge in [0.15, 0.2) is 11.5 Å². The quantitative estimate of drug-likeness (QED) is 0.460. The standard InChI is InChI=1S/C25H26N4O3S/c1-16-26-24(29-12-10-28(11-13-29)19-6-4-5-7-20(19)30)23-18(15-33-25(23)27-16)17-8-9-21(31-2)22(14-17)32-3/h4-9,14-15,30H,10-13H2,1-3H3. The van der Waals surface area contributed by atoms with Gasteiger partial charge >= 0.3 is 0 Å². The van der Waals surface area contributed by atoms with Crippen LogP contribution in [0.15, 0.2) is 47.8 Å². The normalized spacial score (nSPS) is 14.0. The molecular formula is C25H26N4O3S. The monoisotopic (exact) mass is 462 g/mol. The topological polar surface area (TPSA) is 71.0 Å². The van der Waals surface area contributed by atoms with Crippen LogP contribution in [0.25, 0.3) is 21.3 Å². The highest BCUT2D eigenvalue weighted by Crippen LogP contribution is 2.41. The summed E-state index contributed by atoms with van der Waals surface area (Å²) in [6.07, 6.45) is 0. The highest BCUT2D eigenvalue weighted by Gasteiger charge is 2.24. The number of fused-ring (bicyclic) bond motifs is 1. The van der Waals surface area contributed by atoms with Gasteiger partial charge in [-0.3, -0.25) is 0 Å². The number of ether oxygens (including phenoxy) is 2.